The van der Waals surface area contributed by atoms with Crippen LogP contribution in [0.3, 0.4) is 0 Å². The van der Waals surface area contributed by atoms with E-state index >= 15 is 0 Å². The van der Waals surface area contributed by atoms with Gasteiger partial charge >= 0.3 is 0 Å². The zero-order valence-corrected chi connectivity index (χ0v) is 14.5. The number of nitrogens with zero attached hydrogens (tertiary/aromatic N) is 1. The Kier molecular flexibility index (Phi) is 5.19. The second kappa shape index (κ2) is 6.92. The Morgan fingerprint density at radius 3 is 2.68 bits per heavy atom. The molecule has 5 heteroatoms. The third kappa shape index (κ3) is 3.85. The highest BCUT2D eigenvalue weighted by atomic mass is 79.9. The van der Waals surface area contributed by atoms with Crippen LogP contribution in [0.15, 0.2) is 45.8 Å². The van der Waals surface area contributed by atoms with Crippen LogP contribution in [0.4, 0.5) is 5.69 Å². The van der Waals surface area contributed by atoms with Gasteiger partial charge < -0.3 is 9.88 Å². The number of hydrogen-bond donors (Lipinski definition) is 1. The highest BCUT2D eigenvalue weighted by Crippen LogP contribution is 2.23. The summed E-state index contributed by atoms with van der Waals surface area (Å²) in [6, 6.07) is 9.45. The summed E-state index contributed by atoms with van der Waals surface area (Å²) < 4.78 is 2.19. The number of anilines is 1. The largest absolute Gasteiger partial charge is 0.324 e. The summed E-state index contributed by atoms with van der Waals surface area (Å²) in [5.41, 5.74) is 2.32. The Morgan fingerprint density at radius 2 is 2.00 bits per heavy atom. The normalized spacial score (nSPS) is 10.8. The van der Waals surface area contributed by atoms with Crippen LogP contribution >= 0.6 is 15.9 Å². The highest BCUT2D eigenvalue weighted by Gasteiger charge is 2.11. The predicted octanol–water partition coefficient (Wildman–Crippen LogP) is 3.68. The monoisotopic (exact) mass is 362 g/mol. The van der Waals surface area contributed by atoms with Gasteiger partial charge in [-0.15, -0.1) is 0 Å². The van der Waals surface area contributed by atoms with Gasteiger partial charge in [0.25, 0.3) is 5.56 Å². The average molecular weight is 363 g/mol. The summed E-state index contributed by atoms with van der Waals surface area (Å²) in [5.74, 6) is 0.0973. The fraction of sp³-hybridized carbons (Fsp3) is 0.294. The maximum Gasteiger partial charge on any atom is 0.253 e. The summed E-state index contributed by atoms with van der Waals surface area (Å²) in [6.45, 7) is 5.88. The fourth-order valence-corrected chi connectivity index (χ4v) is 2.91. The first-order chi connectivity index (χ1) is 10.4. The van der Waals surface area contributed by atoms with Crippen LogP contribution in [0, 0.1) is 6.92 Å². The molecule has 0 atom stereocenters. The number of aromatic nitrogens is 1. The molecule has 1 amide bonds. The fourth-order valence-electron chi connectivity index (χ4n) is 2.32. The molecule has 0 saturated heterocycles. The Bertz CT molecular complexity index is 751. The van der Waals surface area contributed by atoms with Crippen molar-refractivity contribution in [2.24, 2.45) is 0 Å². The van der Waals surface area contributed by atoms with E-state index in [1.807, 2.05) is 24.3 Å². The molecule has 1 heterocycles. The molecule has 22 heavy (non-hydrogen) atoms. The van der Waals surface area contributed by atoms with Crippen LogP contribution in [0.25, 0.3) is 0 Å². The molecule has 0 aliphatic rings. The molecule has 0 radical (unpaired) electrons. The maximum atomic E-state index is 12.2. The summed E-state index contributed by atoms with van der Waals surface area (Å²) in [7, 11) is 0. The topological polar surface area (TPSA) is 51.1 Å². The average Bonchev–Trinajstić information content (AvgIpc) is 2.44. The van der Waals surface area contributed by atoms with E-state index in [2.05, 4.69) is 35.1 Å². The third-order valence-corrected chi connectivity index (χ3v) is 3.84. The number of pyridine rings is 1. The van der Waals surface area contributed by atoms with E-state index in [4.69, 9.17) is 0 Å². The number of nitrogens with one attached hydrogen (secondary N) is 1. The lowest BCUT2D eigenvalue weighted by Gasteiger charge is -2.14. The molecule has 0 bridgehead atoms. The van der Waals surface area contributed by atoms with Crippen molar-refractivity contribution >= 4 is 27.5 Å². The molecule has 0 aliphatic carbocycles. The summed E-state index contributed by atoms with van der Waals surface area (Å²) >= 11 is 3.34. The molecule has 0 unspecified atom stereocenters. The molecule has 0 saturated carbocycles. The van der Waals surface area contributed by atoms with Crippen LogP contribution < -0.4 is 10.9 Å². The summed E-state index contributed by atoms with van der Waals surface area (Å²) in [4.78, 5) is 24.3. The molecule has 0 spiro atoms. The van der Waals surface area contributed by atoms with E-state index in [-0.39, 0.29) is 18.0 Å². The van der Waals surface area contributed by atoms with Crippen molar-refractivity contribution in [2.45, 2.75) is 33.2 Å². The number of carbonyl (C=O) groups excluding carboxylic acids is 1. The van der Waals surface area contributed by atoms with Crippen molar-refractivity contribution < 1.29 is 4.79 Å². The minimum atomic E-state index is -0.215. The number of para-hydroxylation sites is 1. The first kappa shape index (κ1) is 16.5. The minimum Gasteiger partial charge on any atom is -0.324 e. The van der Waals surface area contributed by atoms with Gasteiger partial charge in [0.1, 0.15) is 6.54 Å². The van der Waals surface area contributed by atoms with Gasteiger partial charge in [-0.05, 0) is 46.5 Å². The van der Waals surface area contributed by atoms with Crippen LogP contribution in [-0.2, 0) is 11.3 Å². The Balaban J connectivity index is 2.20. The number of rotatable bonds is 4. The van der Waals surface area contributed by atoms with E-state index in [9.17, 15) is 9.59 Å². The van der Waals surface area contributed by atoms with Crippen LogP contribution in [-0.4, -0.2) is 10.5 Å². The number of aryl methyl sites for hydroxylation is 1. The predicted molar refractivity (Wildman–Crippen MR) is 92.3 cm³/mol. The second-order valence-electron chi connectivity index (χ2n) is 5.56. The van der Waals surface area contributed by atoms with Crippen molar-refractivity contribution in [1.82, 2.24) is 4.57 Å². The lowest BCUT2D eigenvalue weighted by atomic mass is 10.0. The van der Waals surface area contributed by atoms with Gasteiger partial charge in [0.2, 0.25) is 5.91 Å². The van der Waals surface area contributed by atoms with E-state index in [0.717, 1.165) is 15.7 Å². The molecular formula is C17H19BrN2O2. The van der Waals surface area contributed by atoms with Gasteiger partial charge in [-0.2, -0.15) is 0 Å². The number of amides is 1. The second-order valence-corrected chi connectivity index (χ2v) is 6.48. The Morgan fingerprint density at radius 1 is 1.32 bits per heavy atom. The van der Waals surface area contributed by atoms with E-state index < -0.39 is 0 Å². The van der Waals surface area contributed by atoms with Gasteiger partial charge in [0, 0.05) is 21.9 Å². The summed E-state index contributed by atoms with van der Waals surface area (Å²) in [5, 5.41) is 2.89. The minimum absolute atomic E-state index is 0.00839. The molecule has 2 aromatic rings. The van der Waals surface area contributed by atoms with Crippen molar-refractivity contribution in [3.63, 3.8) is 0 Å². The third-order valence-electron chi connectivity index (χ3n) is 3.40. The standard InChI is InChI=1S/C17H19BrN2O2/c1-11(2)14-6-4-5-7-15(14)19-16(21)10-20-9-13(18)8-12(3)17(20)22/h4-9,11H,10H2,1-3H3,(H,19,21). The first-order valence-corrected chi connectivity index (χ1v) is 7.93. The van der Waals surface area contributed by atoms with Crippen LogP contribution in [0.1, 0.15) is 30.9 Å². The van der Waals surface area contributed by atoms with E-state index in [1.54, 1.807) is 19.2 Å². The van der Waals surface area contributed by atoms with Gasteiger partial charge in [-0.25, -0.2) is 0 Å². The molecule has 116 valence electrons. The first-order valence-electron chi connectivity index (χ1n) is 7.14. The molecule has 0 aliphatic heterocycles. The number of hydrogen-bond acceptors (Lipinski definition) is 2. The lowest BCUT2D eigenvalue weighted by molar-refractivity contribution is -0.116. The zero-order valence-electron chi connectivity index (χ0n) is 12.9. The van der Waals surface area contributed by atoms with E-state index in [1.165, 1.54) is 4.57 Å². The maximum absolute atomic E-state index is 12.2. The quantitative estimate of drug-likeness (QED) is 0.901. The molecular weight excluding hydrogens is 344 g/mol. The van der Waals surface area contributed by atoms with Crippen molar-refractivity contribution in [1.29, 1.82) is 0 Å². The zero-order chi connectivity index (χ0) is 16.3. The van der Waals surface area contributed by atoms with Crippen molar-refractivity contribution in [2.75, 3.05) is 5.32 Å². The highest BCUT2D eigenvalue weighted by molar-refractivity contribution is 9.10. The Labute approximate surface area is 138 Å². The smallest absolute Gasteiger partial charge is 0.253 e. The molecule has 1 N–H and O–H groups in total. The number of carbonyl (C=O) groups is 1. The molecule has 1 aromatic heterocycles. The number of benzene rings is 1. The van der Waals surface area contributed by atoms with Crippen molar-refractivity contribution in [3.8, 4) is 0 Å². The number of halogens is 1. The van der Waals surface area contributed by atoms with Gasteiger partial charge in [-0.1, -0.05) is 32.0 Å². The van der Waals surface area contributed by atoms with Crippen LogP contribution in [0.5, 0.6) is 0 Å². The molecule has 2 rings (SSSR count). The molecule has 1 aromatic carbocycles. The van der Waals surface area contributed by atoms with Gasteiger partial charge in [0.15, 0.2) is 0 Å². The SMILES string of the molecule is Cc1cc(Br)cn(CC(=O)Nc2ccccc2C(C)C)c1=O. The van der Waals surface area contributed by atoms with Gasteiger partial charge in [-0.3, -0.25) is 9.59 Å². The van der Waals surface area contributed by atoms with Crippen molar-refractivity contribution in [3.05, 3.63) is 62.5 Å². The van der Waals surface area contributed by atoms with Gasteiger partial charge in [0.05, 0.1) is 0 Å². The molecule has 0 fully saturated rings. The Hall–Kier alpha value is -1.88. The van der Waals surface area contributed by atoms with Crippen LogP contribution in [0.2, 0.25) is 0 Å². The van der Waals surface area contributed by atoms with E-state index in [0.29, 0.717) is 11.5 Å². The lowest BCUT2D eigenvalue weighted by Crippen LogP contribution is -2.28. The molecule has 4 nitrogen and oxygen atoms in total. The summed E-state index contributed by atoms with van der Waals surface area (Å²) in [6.07, 6.45) is 1.63.